The number of hydrogen-bond donors (Lipinski definition) is 2. The van der Waals surface area contributed by atoms with Crippen molar-refractivity contribution in [2.45, 2.75) is 0 Å². The number of hydrogen-bond acceptors (Lipinski definition) is 7. The number of nitrogens with one attached hydrogen (secondary N) is 2. The van der Waals surface area contributed by atoms with E-state index < -0.39 is 0 Å². The van der Waals surface area contributed by atoms with E-state index >= 15 is 0 Å². The van der Waals surface area contributed by atoms with Gasteiger partial charge in [-0.05, 0) is 48.5 Å². The summed E-state index contributed by atoms with van der Waals surface area (Å²) >= 11 is 0. The van der Waals surface area contributed by atoms with Gasteiger partial charge in [0.15, 0.2) is 11.5 Å². The number of carbonyl (C=O) groups excluding carboxylic acids is 1. The molecule has 0 aliphatic carbocycles. The maximum Gasteiger partial charge on any atom is 0.255 e. The predicted octanol–water partition coefficient (Wildman–Crippen LogP) is 3.58. The van der Waals surface area contributed by atoms with Crippen LogP contribution < -0.4 is 10.6 Å². The van der Waals surface area contributed by atoms with Crippen molar-refractivity contribution in [2.24, 2.45) is 0 Å². The van der Waals surface area contributed by atoms with Gasteiger partial charge in [-0.3, -0.25) is 14.8 Å². The molecular formula is C22H16N8O. The third-order valence-corrected chi connectivity index (χ3v) is 4.48. The fraction of sp³-hybridized carbons (Fsp3) is 0. The minimum Gasteiger partial charge on any atom is -0.339 e. The quantitative estimate of drug-likeness (QED) is 0.457. The van der Waals surface area contributed by atoms with Crippen LogP contribution in [0.25, 0.3) is 17.2 Å². The normalized spacial score (nSPS) is 10.7. The van der Waals surface area contributed by atoms with Crippen molar-refractivity contribution in [3.8, 4) is 11.5 Å². The van der Waals surface area contributed by atoms with E-state index in [0.717, 1.165) is 5.69 Å². The molecule has 2 N–H and O–H groups in total. The van der Waals surface area contributed by atoms with E-state index in [1.807, 2.05) is 42.5 Å². The molecule has 0 aliphatic heterocycles. The highest BCUT2D eigenvalue weighted by Crippen LogP contribution is 2.20. The third-order valence-electron chi connectivity index (χ3n) is 4.48. The first kappa shape index (κ1) is 18.4. The van der Waals surface area contributed by atoms with Gasteiger partial charge >= 0.3 is 0 Å². The van der Waals surface area contributed by atoms with Crippen molar-refractivity contribution in [3.63, 3.8) is 0 Å². The summed E-state index contributed by atoms with van der Waals surface area (Å²) < 4.78 is 1.59. The van der Waals surface area contributed by atoms with Crippen LogP contribution in [0.15, 0.2) is 85.3 Å². The maximum absolute atomic E-state index is 12.6. The molecule has 4 aromatic heterocycles. The first-order valence-electron chi connectivity index (χ1n) is 9.49. The number of carbonyl (C=O) groups is 1. The number of rotatable bonds is 5. The standard InChI is InChI=1S/C22H16N8O/c31-22(26-17-7-4-11-23-14-17)15-10-12-24-18(13-15)21-28-27-20-9-8-19(29-30(20)21)25-16-5-2-1-3-6-16/h1-14H,(H,25,29)(H,26,31). The van der Waals surface area contributed by atoms with E-state index in [2.05, 4.69) is 35.9 Å². The number of anilines is 3. The lowest BCUT2D eigenvalue weighted by Crippen LogP contribution is -2.12. The summed E-state index contributed by atoms with van der Waals surface area (Å²) in [5, 5.41) is 19.0. The molecular weight excluding hydrogens is 392 g/mol. The van der Waals surface area contributed by atoms with Crippen LogP contribution in [0, 0.1) is 0 Å². The van der Waals surface area contributed by atoms with Crippen LogP contribution in [0.2, 0.25) is 0 Å². The van der Waals surface area contributed by atoms with Gasteiger partial charge in [0.05, 0.1) is 11.9 Å². The molecule has 5 rings (SSSR count). The second kappa shape index (κ2) is 7.99. The Balaban J connectivity index is 1.46. The molecule has 9 nitrogen and oxygen atoms in total. The Kier molecular flexibility index (Phi) is 4.74. The molecule has 9 heteroatoms. The summed E-state index contributed by atoms with van der Waals surface area (Å²) in [6, 6.07) is 20.2. The van der Waals surface area contributed by atoms with Gasteiger partial charge in [-0.2, -0.15) is 4.52 Å². The summed E-state index contributed by atoms with van der Waals surface area (Å²) in [5.41, 5.74) is 3.01. The van der Waals surface area contributed by atoms with E-state index in [1.165, 1.54) is 0 Å². The molecule has 31 heavy (non-hydrogen) atoms. The van der Waals surface area contributed by atoms with E-state index in [0.29, 0.717) is 34.2 Å². The van der Waals surface area contributed by atoms with Crippen LogP contribution in [0.1, 0.15) is 10.4 Å². The van der Waals surface area contributed by atoms with Crippen molar-refractivity contribution < 1.29 is 4.79 Å². The molecule has 1 amide bonds. The molecule has 4 heterocycles. The van der Waals surface area contributed by atoms with Gasteiger partial charge in [0, 0.05) is 23.6 Å². The summed E-state index contributed by atoms with van der Waals surface area (Å²) in [6.45, 7) is 0. The van der Waals surface area contributed by atoms with E-state index in [9.17, 15) is 4.79 Å². The molecule has 0 spiro atoms. The number of aromatic nitrogens is 6. The fourth-order valence-corrected chi connectivity index (χ4v) is 3.02. The number of para-hydroxylation sites is 1. The molecule has 0 unspecified atom stereocenters. The molecule has 150 valence electrons. The molecule has 0 atom stereocenters. The Morgan fingerprint density at radius 1 is 0.871 bits per heavy atom. The molecule has 1 aromatic carbocycles. The SMILES string of the molecule is O=C(Nc1cccnc1)c1ccnc(-c2nnc3ccc(Nc4ccccc4)nn23)c1. The van der Waals surface area contributed by atoms with Crippen molar-refractivity contribution in [3.05, 3.63) is 90.9 Å². The van der Waals surface area contributed by atoms with Gasteiger partial charge in [0.2, 0.25) is 5.82 Å². The third kappa shape index (κ3) is 3.92. The molecule has 0 fully saturated rings. The highest BCUT2D eigenvalue weighted by Gasteiger charge is 2.14. The largest absolute Gasteiger partial charge is 0.339 e. The highest BCUT2D eigenvalue weighted by molar-refractivity contribution is 6.04. The smallest absolute Gasteiger partial charge is 0.255 e. The summed E-state index contributed by atoms with van der Waals surface area (Å²) in [6.07, 6.45) is 4.78. The minimum atomic E-state index is -0.273. The fourth-order valence-electron chi connectivity index (χ4n) is 3.02. The first-order chi connectivity index (χ1) is 15.3. The monoisotopic (exact) mass is 408 g/mol. The number of nitrogens with zero attached hydrogens (tertiary/aromatic N) is 6. The molecule has 0 saturated carbocycles. The van der Waals surface area contributed by atoms with Gasteiger partial charge in [-0.1, -0.05) is 18.2 Å². The maximum atomic E-state index is 12.6. The average Bonchev–Trinajstić information content (AvgIpc) is 3.24. The Morgan fingerprint density at radius 3 is 2.58 bits per heavy atom. The Morgan fingerprint density at radius 2 is 1.74 bits per heavy atom. The first-order valence-corrected chi connectivity index (χ1v) is 9.49. The van der Waals surface area contributed by atoms with Crippen LogP contribution in [0.4, 0.5) is 17.2 Å². The Bertz CT molecular complexity index is 1350. The zero-order chi connectivity index (χ0) is 21.0. The molecule has 0 aliphatic rings. The Labute approximate surface area is 176 Å². The summed E-state index contributed by atoms with van der Waals surface area (Å²) in [5.74, 6) is 0.790. The lowest BCUT2D eigenvalue weighted by atomic mass is 10.2. The minimum absolute atomic E-state index is 0.273. The summed E-state index contributed by atoms with van der Waals surface area (Å²) in [4.78, 5) is 21.0. The van der Waals surface area contributed by atoms with E-state index in [4.69, 9.17) is 0 Å². The molecule has 0 bridgehead atoms. The summed E-state index contributed by atoms with van der Waals surface area (Å²) in [7, 11) is 0. The van der Waals surface area contributed by atoms with Crippen molar-refractivity contribution in [2.75, 3.05) is 10.6 Å². The van der Waals surface area contributed by atoms with E-state index in [-0.39, 0.29) is 5.91 Å². The van der Waals surface area contributed by atoms with Crippen molar-refractivity contribution >= 4 is 28.7 Å². The number of benzene rings is 1. The predicted molar refractivity (Wildman–Crippen MR) is 116 cm³/mol. The number of fused-ring (bicyclic) bond motifs is 1. The van der Waals surface area contributed by atoms with Gasteiger partial charge in [-0.15, -0.1) is 15.3 Å². The topological polar surface area (TPSA) is 110 Å². The lowest BCUT2D eigenvalue weighted by Gasteiger charge is -2.07. The van der Waals surface area contributed by atoms with Crippen LogP contribution in [0.3, 0.4) is 0 Å². The average molecular weight is 408 g/mol. The number of amides is 1. The van der Waals surface area contributed by atoms with Gasteiger partial charge in [-0.25, -0.2) is 0 Å². The van der Waals surface area contributed by atoms with Crippen LogP contribution in [-0.2, 0) is 0 Å². The zero-order valence-electron chi connectivity index (χ0n) is 16.2. The van der Waals surface area contributed by atoms with Gasteiger partial charge < -0.3 is 10.6 Å². The van der Waals surface area contributed by atoms with E-state index in [1.54, 1.807) is 47.4 Å². The van der Waals surface area contributed by atoms with Crippen LogP contribution >= 0.6 is 0 Å². The molecule has 5 aromatic rings. The van der Waals surface area contributed by atoms with Crippen LogP contribution in [-0.4, -0.2) is 35.7 Å². The highest BCUT2D eigenvalue weighted by atomic mass is 16.1. The van der Waals surface area contributed by atoms with Gasteiger partial charge in [0.25, 0.3) is 5.91 Å². The van der Waals surface area contributed by atoms with Crippen molar-refractivity contribution in [1.29, 1.82) is 0 Å². The molecule has 0 saturated heterocycles. The van der Waals surface area contributed by atoms with Gasteiger partial charge in [0.1, 0.15) is 5.69 Å². The lowest BCUT2D eigenvalue weighted by molar-refractivity contribution is 0.102. The van der Waals surface area contributed by atoms with Crippen molar-refractivity contribution in [1.82, 2.24) is 29.8 Å². The zero-order valence-corrected chi connectivity index (χ0v) is 16.2. The van der Waals surface area contributed by atoms with Crippen LogP contribution in [0.5, 0.6) is 0 Å². The number of pyridine rings is 2. The second-order valence-electron chi connectivity index (χ2n) is 6.63. The molecule has 0 radical (unpaired) electrons. The second-order valence-corrected chi connectivity index (χ2v) is 6.63. The Hall–Kier alpha value is -4.66.